The molecule has 1 atom stereocenters. The van der Waals surface area contributed by atoms with Gasteiger partial charge in [0.15, 0.2) is 0 Å². The molecule has 0 aromatic heterocycles. The van der Waals surface area contributed by atoms with Crippen molar-refractivity contribution < 1.29 is 14.4 Å². The monoisotopic (exact) mass is 525 g/mol. The zero-order valence-corrected chi connectivity index (χ0v) is 21.9. The molecule has 0 radical (unpaired) electrons. The summed E-state index contributed by atoms with van der Waals surface area (Å²) >= 11 is 12.3. The second-order valence-corrected chi connectivity index (χ2v) is 9.73. The molecule has 1 N–H and O–H groups in total. The number of hydrogen-bond donors (Lipinski definition) is 1. The van der Waals surface area contributed by atoms with Gasteiger partial charge in [0.25, 0.3) is 5.91 Å². The van der Waals surface area contributed by atoms with E-state index in [9.17, 15) is 14.4 Å². The second-order valence-electron chi connectivity index (χ2n) is 8.91. The molecule has 36 heavy (non-hydrogen) atoms. The van der Waals surface area contributed by atoms with Gasteiger partial charge < -0.3 is 10.2 Å². The third-order valence-electron chi connectivity index (χ3n) is 6.49. The molecule has 188 valence electrons. The number of carbonyl (C=O) groups excluding carboxylic acids is 3. The molecule has 1 aliphatic rings. The SMILES string of the molecule is CCCCNC(=O)[C@@H](CC)N(Cc1ccc(Cl)c(Cl)c1)C(=O)CN1C(=O)c2cccc3cccc1c23. The summed E-state index contributed by atoms with van der Waals surface area (Å²) in [6.45, 7) is 4.45. The van der Waals surface area contributed by atoms with E-state index in [0.717, 1.165) is 29.2 Å². The van der Waals surface area contributed by atoms with Crippen molar-refractivity contribution in [2.45, 2.75) is 45.7 Å². The maximum absolute atomic E-state index is 13.8. The molecule has 0 spiro atoms. The van der Waals surface area contributed by atoms with Gasteiger partial charge in [-0.2, -0.15) is 0 Å². The smallest absolute Gasteiger partial charge is 0.259 e. The first-order valence-corrected chi connectivity index (χ1v) is 13.0. The van der Waals surface area contributed by atoms with Gasteiger partial charge in [0.2, 0.25) is 11.8 Å². The van der Waals surface area contributed by atoms with Gasteiger partial charge in [-0.3, -0.25) is 19.3 Å². The Morgan fingerprint density at radius 1 is 1.03 bits per heavy atom. The second kappa shape index (κ2) is 11.3. The quantitative estimate of drug-likeness (QED) is 0.338. The van der Waals surface area contributed by atoms with Crippen LogP contribution in [-0.2, 0) is 16.1 Å². The Morgan fingerprint density at radius 3 is 2.47 bits per heavy atom. The summed E-state index contributed by atoms with van der Waals surface area (Å²) in [7, 11) is 0. The van der Waals surface area contributed by atoms with Crippen LogP contribution in [0.15, 0.2) is 54.6 Å². The fourth-order valence-electron chi connectivity index (χ4n) is 4.62. The van der Waals surface area contributed by atoms with Crippen LogP contribution in [0.2, 0.25) is 10.0 Å². The number of benzene rings is 3. The fourth-order valence-corrected chi connectivity index (χ4v) is 4.94. The number of hydrogen-bond acceptors (Lipinski definition) is 3. The molecule has 6 nitrogen and oxygen atoms in total. The third kappa shape index (κ3) is 5.20. The summed E-state index contributed by atoms with van der Waals surface area (Å²) in [5.41, 5.74) is 2.03. The number of unbranched alkanes of at least 4 members (excludes halogenated alkanes) is 1. The summed E-state index contributed by atoms with van der Waals surface area (Å²) in [6.07, 6.45) is 2.23. The normalized spacial score (nSPS) is 13.2. The Hall–Kier alpha value is -3.09. The molecule has 3 amide bonds. The van der Waals surface area contributed by atoms with Gasteiger partial charge in [-0.05, 0) is 48.1 Å². The lowest BCUT2D eigenvalue weighted by Crippen LogP contribution is -2.52. The fraction of sp³-hybridized carbons (Fsp3) is 0.321. The van der Waals surface area contributed by atoms with Crippen LogP contribution >= 0.6 is 23.2 Å². The average Bonchev–Trinajstić information content (AvgIpc) is 3.14. The van der Waals surface area contributed by atoms with Crippen LogP contribution in [0.25, 0.3) is 10.8 Å². The molecule has 8 heteroatoms. The Balaban J connectivity index is 1.64. The van der Waals surface area contributed by atoms with Crippen LogP contribution in [-0.4, -0.2) is 41.8 Å². The molecule has 0 fully saturated rings. The van der Waals surface area contributed by atoms with E-state index in [1.807, 2.05) is 37.3 Å². The van der Waals surface area contributed by atoms with Crippen LogP contribution in [0, 0.1) is 0 Å². The Kier molecular flexibility index (Phi) is 8.17. The van der Waals surface area contributed by atoms with E-state index >= 15 is 0 Å². The molecular formula is C28H29Cl2N3O3. The summed E-state index contributed by atoms with van der Waals surface area (Å²) in [5.74, 6) is -0.751. The Morgan fingerprint density at radius 2 is 1.78 bits per heavy atom. The molecule has 0 bridgehead atoms. The van der Waals surface area contributed by atoms with E-state index in [1.165, 1.54) is 9.80 Å². The van der Waals surface area contributed by atoms with Crippen LogP contribution in [0.5, 0.6) is 0 Å². The minimum Gasteiger partial charge on any atom is -0.354 e. The van der Waals surface area contributed by atoms with Crippen LogP contribution in [0.1, 0.15) is 49.0 Å². The lowest BCUT2D eigenvalue weighted by Gasteiger charge is -2.32. The first kappa shape index (κ1) is 26.0. The highest BCUT2D eigenvalue weighted by Crippen LogP contribution is 2.37. The van der Waals surface area contributed by atoms with Crippen LogP contribution in [0.3, 0.4) is 0 Å². The lowest BCUT2D eigenvalue weighted by molar-refractivity contribution is -0.140. The van der Waals surface area contributed by atoms with E-state index in [2.05, 4.69) is 12.2 Å². The summed E-state index contributed by atoms with van der Waals surface area (Å²) in [6, 6.07) is 15.7. The van der Waals surface area contributed by atoms with Crippen molar-refractivity contribution in [2.24, 2.45) is 0 Å². The Labute approximate surface area is 221 Å². The topological polar surface area (TPSA) is 69.7 Å². The zero-order chi connectivity index (χ0) is 25.8. The predicted octanol–water partition coefficient (Wildman–Crippen LogP) is 5.83. The highest BCUT2D eigenvalue weighted by Gasteiger charge is 2.35. The zero-order valence-electron chi connectivity index (χ0n) is 20.4. The molecule has 0 saturated carbocycles. The van der Waals surface area contributed by atoms with Crippen molar-refractivity contribution in [3.05, 3.63) is 75.8 Å². The highest BCUT2D eigenvalue weighted by atomic mass is 35.5. The Bertz CT molecular complexity index is 1310. The minimum atomic E-state index is -0.695. The van der Waals surface area contributed by atoms with Gasteiger partial charge in [-0.15, -0.1) is 0 Å². The van der Waals surface area contributed by atoms with E-state index < -0.39 is 6.04 Å². The highest BCUT2D eigenvalue weighted by molar-refractivity contribution is 6.42. The summed E-state index contributed by atoms with van der Waals surface area (Å²) < 4.78 is 0. The molecule has 0 saturated heterocycles. The van der Waals surface area contributed by atoms with E-state index in [1.54, 1.807) is 24.3 Å². The standard InChI is InChI=1S/C28H29Cl2N3O3/c1-3-5-14-31-27(35)23(4-2)32(16-18-12-13-21(29)22(30)15-18)25(34)17-33-24-11-7-9-19-8-6-10-20(26(19)24)28(33)36/h6-13,15,23H,3-5,14,16-17H2,1-2H3,(H,31,35)/t23-/m1/s1. The first-order chi connectivity index (χ1) is 17.3. The van der Waals surface area contributed by atoms with Crippen molar-refractivity contribution >= 4 is 57.4 Å². The third-order valence-corrected chi connectivity index (χ3v) is 7.23. The predicted molar refractivity (Wildman–Crippen MR) is 145 cm³/mol. The number of rotatable bonds is 10. The summed E-state index contributed by atoms with van der Waals surface area (Å²) in [4.78, 5) is 43.2. The van der Waals surface area contributed by atoms with Crippen molar-refractivity contribution in [3.63, 3.8) is 0 Å². The van der Waals surface area contributed by atoms with Crippen molar-refractivity contribution in [2.75, 3.05) is 18.0 Å². The van der Waals surface area contributed by atoms with Crippen molar-refractivity contribution in [1.29, 1.82) is 0 Å². The molecular weight excluding hydrogens is 497 g/mol. The summed E-state index contributed by atoms with van der Waals surface area (Å²) in [5, 5.41) is 5.53. The van der Waals surface area contributed by atoms with Gasteiger partial charge in [0, 0.05) is 24.0 Å². The van der Waals surface area contributed by atoms with Gasteiger partial charge in [0.1, 0.15) is 12.6 Å². The lowest BCUT2D eigenvalue weighted by atomic mass is 10.1. The van der Waals surface area contributed by atoms with Gasteiger partial charge >= 0.3 is 0 Å². The van der Waals surface area contributed by atoms with E-state index in [4.69, 9.17) is 23.2 Å². The molecule has 0 unspecified atom stereocenters. The molecule has 4 rings (SSSR count). The number of nitrogens with one attached hydrogen (secondary N) is 1. The average molecular weight is 526 g/mol. The first-order valence-electron chi connectivity index (χ1n) is 12.2. The van der Waals surface area contributed by atoms with Gasteiger partial charge in [-0.1, -0.05) is 73.8 Å². The maximum atomic E-state index is 13.8. The van der Waals surface area contributed by atoms with Crippen LogP contribution < -0.4 is 10.2 Å². The number of halogens is 2. The molecule has 3 aromatic carbocycles. The largest absolute Gasteiger partial charge is 0.354 e. The number of carbonyl (C=O) groups is 3. The maximum Gasteiger partial charge on any atom is 0.259 e. The molecule has 1 heterocycles. The van der Waals surface area contributed by atoms with Crippen molar-refractivity contribution in [3.8, 4) is 0 Å². The van der Waals surface area contributed by atoms with E-state index in [0.29, 0.717) is 34.3 Å². The molecule has 0 aliphatic carbocycles. The molecule has 3 aromatic rings. The molecule has 1 aliphatic heterocycles. The number of amides is 3. The van der Waals surface area contributed by atoms with Crippen molar-refractivity contribution in [1.82, 2.24) is 10.2 Å². The van der Waals surface area contributed by atoms with E-state index in [-0.39, 0.29) is 30.8 Å². The van der Waals surface area contributed by atoms with Gasteiger partial charge in [0.05, 0.1) is 15.7 Å². The number of nitrogens with zero attached hydrogens (tertiary/aromatic N) is 2. The van der Waals surface area contributed by atoms with Gasteiger partial charge in [-0.25, -0.2) is 0 Å². The number of anilines is 1. The van der Waals surface area contributed by atoms with Crippen LogP contribution in [0.4, 0.5) is 5.69 Å². The minimum absolute atomic E-state index is 0.161.